The van der Waals surface area contributed by atoms with E-state index >= 15 is 0 Å². The third kappa shape index (κ3) is 6.22. The second kappa shape index (κ2) is 9.90. The van der Waals surface area contributed by atoms with Crippen molar-refractivity contribution < 1.29 is 58.0 Å². The van der Waals surface area contributed by atoms with Crippen LogP contribution in [-0.2, 0) is 25.5 Å². The van der Waals surface area contributed by atoms with Crippen molar-refractivity contribution >= 4 is 21.3 Å². The summed E-state index contributed by atoms with van der Waals surface area (Å²) in [5.41, 5.74) is 0. The molecule has 1 saturated heterocycles. The second-order valence-electron chi connectivity index (χ2n) is 5.94. The molecule has 0 saturated carbocycles. The second-order valence-corrected chi connectivity index (χ2v) is 9.33. The van der Waals surface area contributed by atoms with Crippen LogP contribution in [0.2, 0.25) is 0 Å². The van der Waals surface area contributed by atoms with E-state index in [0.29, 0.717) is 0 Å². The Balaban J connectivity index is 2.95. The maximum atomic E-state index is 11.0. The van der Waals surface area contributed by atoms with Crippen molar-refractivity contribution in [2.45, 2.75) is 48.0 Å². The molecule has 14 heteroatoms. The van der Waals surface area contributed by atoms with Crippen LogP contribution in [0.15, 0.2) is 0 Å². The maximum absolute atomic E-state index is 11.0. The van der Waals surface area contributed by atoms with E-state index in [4.69, 9.17) is 9.66 Å². The van der Waals surface area contributed by atoms with Gasteiger partial charge in [0.25, 0.3) is 0 Å². The first-order chi connectivity index (χ1) is 11.9. The summed E-state index contributed by atoms with van der Waals surface area (Å²) in [7, 11) is -6.18. The van der Waals surface area contributed by atoms with Crippen molar-refractivity contribution in [1.82, 2.24) is 0 Å². The first-order valence-corrected chi connectivity index (χ1v) is 10.5. The van der Waals surface area contributed by atoms with Crippen molar-refractivity contribution in [2.75, 3.05) is 24.7 Å². The Morgan fingerprint density at radius 1 is 1.04 bits per heavy atom. The molecule has 0 aromatic heterocycles. The molecule has 0 aromatic rings. The van der Waals surface area contributed by atoms with Crippen LogP contribution in [0.5, 0.6) is 0 Å². The average Bonchev–Trinajstić information content (AvgIpc) is 2.82. The fourth-order valence-corrected chi connectivity index (χ4v) is 5.83. The first kappa shape index (κ1) is 23.9. The monoisotopic (exact) mass is 425 g/mol. The predicted molar refractivity (Wildman–Crippen MR) is 87.5 cm³/mol. The maximum Gasteiger partial charge on any atom is 0.397 e. The lowest BCUT2D eigenvalue weighted by molar-refractivity contribution is -0.129. The van der Waals surface area contributed by atoms with Crippen LogP contribution in [0, 0.1) is 0 Å². The summed E-state index contributed by atoms with van der Waals surface area (Å²) in [4.78, 5) is 0. The number of aliphatic hydroxyl groups excluding tert-OH is 8. The van der Waals surface area contributed by atoms with Crippen LogP contribution in [-0.4, -0.2) is 127 Å². The van der Waals surface area contributed by atoms with E-state index in [0.717, 1.165) is 0 Å². The van der Waals surface area contributed by atoms with Crippen molar-refractivity contribution in [1.29, 1.82) is 0 Å². The summed E-state index contributed by atoms with van der Waals surface area (Å²) in [5.74, 6) is -0.363. The third-order valence-electron chi connectivity index (χ3n) is 4.03. The predicted octanol–water partition coefficient (Wildman–Crippen LogP) is -5.68. The van der Waals surface area contributed by atoms with Crippen molar-refractivity contribution in [2.24, 2.45) is 0 Å². The SMILES string of the molecule is O=S(=O)(O)O[C@@H]([C@H](O)[C@@H](O)[C@H](O)CO)[C@H](O)C[S+]1C[C@@H](O)[C@H](O)[C@H]1CO. The van der Waals surface area contributed by atoms with E-state index in [1.807, 2.05) is 0 Å². The quantitative estimate of drug-likeness (QED) is 0.118. The molecule has 0 aromatic carbocycles. The van der Waals surface area contributed by atoms with E-state index in [2.05, 4.69) is 4.18 Å². The number of hydrogen-bond donors (Lipinski definition) is 9. The van der Waals surface area contributed by atoms with Crippen LogP contribution < -0.4 is 0 Å². The third-order valence-corrected chi connectivity index (χ3v) is 7.32. The van der Waals surface area contributed by atoms with E-state index in [1.165, 1.54) is 0 Å². The van der Waals surface area contributed by atoms with Gasteiger partial charge in [0.1, 0.15) is 54.2 Å². The molecule has 0 spiro atoms. The summed E-state index contributed by atoms with van der Waals surface area (Å²) in [6, 6.07) is 0. The van der Waals surface area contributed by atoms with Gasteiger partial charge in [-0.2, -0.15) is 8.42 Å². The molecule has 1 aliphatic rings. The minimum Gasteiger partial charge on any atom is -0.394 e. The van der Waals surface area contributed by atoms with Gasteiger partial charge in [0.15, 0.2) is 5.25 Å². The van der Waals surface area contributed by atoms with Crippen molar-refractivity contribution in [3.05, 3.63) is 0 Å². The van der Waals surface area contributed by atoms with E-state index < -0.39 is 82.5 Å². The molecule has 1 heterocycles. The minimum atomic E-state index is -5.17. The zero-order valence-electron chi connectivity index (χ0n) is 13.5. The van der Waals surface area contributed by atoms with Crippen molar-refractivity contribution in [3.8, 4) is 0 Å². The van der Waals surface area contributed by atoms with Crippen molar-refractivity contribution in [3.63, 3.8) is 0 Å². The molecule has 0 bridgehead atoms. The summed E-state index contributed by atoms with van der Waals surface area (Å²) >= 11 is 0. The standard InChI is InChI=1S/C12H24O12S2/c13-1-5(15)10(19)11(20)12(24-26(21,22)23)7(17)4-25-3-6(16)9(18)8(25)2-14/h5-20H,1-4H2/p+1/t5-,6-,7-,8-,9+,10+,11-,12-,25?/m1/s1. The summed E-state index contributed by atoms with van der Waals surface area (Å²) < 4.78 is 35.0. The molecule has 1 unspecified atom stereocenters. The molecule has 1 fully saturated rings. The van der Waals surface area contributed by atoms with Gasteiger partial charge in [0.2, 0.25) is 0 Å². The molecule has 0 amide bonds. The molecular formula is C12H25O12S2+. The highest BCUT2D eigenvalue weighted by Crippen LogP contribution is 2.26. The Morgan fingerprint density at radius 3 is 2.08 bits per heavy atom. The Hall–Kier alpha value is -0.100. The van der Waals surface area contributed by atoms with Gasteiger partial charge in [0.05, 0.1) is 13.2 Å². The van der Waals surface area contributed by atoms with Gasteiger partial charge in [-0.15, -0.1) is 0 Å². The van der Waals surface area contributed by atoms with Gasteiger partial charge in [-0.25, -0.2) is 4.18 Å². The number of rotatable bonds is 10. The molecule has 0 radical (unpaired) electrons. The lowest BCUT2D eigenvalue weighted by atomic mass is 10.0. The van der Waals surface area contributed by atoms with Gasteiger partial charge in [-0.1, -0.05) is 0 Å². The summed E-state index contributed by atoms with van der Waals surface area (Å²) in [5, 5.41) is 76.0. The number of aliphatic hydroxyl groups is 8. The molecular weight excluding hydrogens is 400 g/mol. The minimum absolute atomic E-state index is 0.0139. The zero-order valence-corrected chi connectivity index (χ0v) is 15.1. The molecule has 1 aliphatic heterocycles. The first-order valence-electron chi connectivity index (χ1n) is 7.55. The fourth-order valence-electron chi connectivity index (χ4n) is 2.62. The van der Waals surface area contributed by atoms with Gasteiger partial charge < -0.3 is 40.9 Å². The van der Waals surface area contributed by atoms with Crippen LogP contribution in [0.4, 0.5) is 0 Å². The Morgan fingerprint density at radius 2 is 1.62 bits per heavy atom. The van der Waals surface area contributed by atoms with Gasteiger partial charge in [0, 0.05) is 10.9 Å². The smallest absolute Gasteiger partial charge is 0.394 e. The average molecular weight is 425 g/mol. The van der Waals surface area contributed by atoms with Gasteiger partial charge in [-0.05, 0) is 0 Å². The van der Waals surface area contributed by atoms with Gasteiger partial charge in [-0.3, -0.25) is 4.55 Å². The highest BCUT2D eigenvalue weighted by atomic mass is 32.3. The van der Waals surface area contributed by atoms with E-state index in [-0.39, 0.29) is 11.5 Å². The molecule has 0 aliphatic carbocycles. The molecule has 9 N–H and O–H groups in total. The van der Waals surface area contributed by atoms with Crippen LogP contribution in [0.1, 0.15) is 0 Å². The molecule has 1 rings (SSSR count). The fraction of sp³-hybridized carbons (Fsp3) is 1.00. The van der Waals surface area contributed by atoms with Gasteiger partial charge >= 0.3 is 10.4 Å². The van der Waals surface area contributed by atoms with E-state index in [1.54, 1.807) is 0 Å². The summed E-state index contributed by atoms with van der Waals surface area (Å²) in [6.07, 6.45) is -12.6. The number of hydrogen-bond acceptors (Lipinski definition) is 11. The largest absolute Gasteiger partial charge is 0.397 e. The van der Waals surface area contributed by atoms with Crippen LogP contribution in [0.3, 0.4) is 0 Å². The zero-order chi connectivity index (χ0) is 20.2. The Bertz CT molecular complexity index is 530. The molecule has 9 atom stereocenters. The highest BCUT2D eigenvalue weighted by Gasteiger charge is 2.52. The van der Waals surface area contributed by atoms with Crippen LogP contribution in [0.25, 0.3) is 0 Å². The normalized spacial score (nSPS) is 32.8. The molecule has 26 heavy (non-hydrogen) atoms. The highest BCUT2D eigenvalue weighted by molar-refractivity contribution is 7.97. The lowest BCUT2D eigenvalue weighted by Gasteiger charge is -2.30. The van der Waals surface area contributed by atoms with Crippen LogP contribution >= 0.6 is 0 Å². The Kier molecular flexibility index (Phi) is 9.12. The lowest BCUT2D eigenvalue weighted by Crippen LogP contribution is -2.53. The molecule has 156 valence electrons. The Labute approximate surface area is 152 Å². The molecule has 12 nitrogen and oxygen atoms in total. The topological polar surface area (TPSA) is 225 Å². The summed E-state index contributed by atoms with van der Waals surface area (Å²) in [6.45, 7) is -1.51. The van der Waals surface area contributed by atoms with E-state index in [9.17, 15) is 44.2 Å².